The molecule has 0 aliphatic carbocycles. The van der Waals surface area contributed by atoms with Gasteiger partial charge in [-0.05, 0) is 41.4 Å². The van der Waals surface area contributed by atoms with E-state index in [1.54, 1.807) is 12.1 Å². The molecule has 0 spiro atoms. The second kappa shape index (κ2) is 5.94. The Morgan fingerprint density at radius 3 is 2.54 bits per heavy atom. The highest BCUT2D eigenvalue weighted by Crippen LogP contribution is 2.24. The molecule has 0 saturated heterocycles. The molecule has 0 atom stereocenters. The molecule has 4 aromatic rings. The standard InChI is InChI=1S/C19H15N3OS/c23-15-10-8-13(9-11-15)12-18-20-21-19(24)22(18)17-7-3-5-14-4-1-2-6-16(14)17/h1-11,23H,12H2,(H,21,24). The summed E-state index contributed by atoms with van der Waals surface area (Å²) in [5, 5.41) is 19.0. The molecule has 5 heteroatoms. The van der Waals surface area contributed by atoms with Crippen molar-refractivity contribution in [1.29, 1.82) is 0 Å². The lowest BCUT2D eigenvalue weighted by molar-refractivity contribution is 0.475. The van der Waals surface area contributed by atoms with Gasteiger partial charge in [-0.3, -0.25) is 9.67 Å². The Labute approximate surface area is 144 Å². The first-order chi connectivity index (χ1) is 11.7. The molecule has 0 amide bonds. The Hall–Kier alpha value is -2.92. The van der Waals surface area contributed by atoms with Crippen molar-refractivity contribution in [2.75, 3.05) is 0 Å². The highest BCUT2D eigenvalue weighted by Gasteiger charge is 2.11. The maximum atomic E-state index is 9.43. The minimum absolute atomic E-state index is 0.256. The summed E-state index contributed by atoms with van der Waals surface area (Å²) in [6, 6.07) is 21.5. The zero-order valence-electron chi connectivity index (χ0n) is 12.8. The Morgan fingerprint density at radius 2 is 1.71 bits per heavy atom. The van der Waals surface area contributed by atoms with Crippen LogP contribution in [0.3, 0.4) is 0 Å². The number of rotatable bonds is 3. The largest absolute Gasteiger partial charge is 0.508 e. The SMILES string of the molecule is Oc1ccc(Cc2n[nH]c(=S)n2-c2cccc3ccccc23)cc1. The van der Waals surface area contributed by atoms with Crippen LogP contribution in [0.25, 0.3) is 16.5 Å². The minimum Gasteiger partial charge on any atom is -0.508 e. The van der Waals surface area contributed by atoms with Gasteiger partial charge in [-0.25, -0.2) is 0 Å². The lowest BCUT2D eigenvalue weighted by Gasteiger charge is -2.10. The fourth-order valence-electron chi connectivity index (χ4n) is 2.90. The summed E-state index contributed by atoms with van der Waals surface area (Å²) in [6.45, 7) is 0. The van der Waals surface area contributed by atoms with Gasteiger partial charge in [0.05, 0.1) is 5.69 Å². The Kier molecular flexibility index (Phi) is 3.63. The van der Waals surface area contributed by atoms with Gasteiger partial charge >= 0.3 is 0 Å². The van der Waals surface area contributed by atoms with Crippen molar-refractivity contribution < 1.29 is 5.11 Å². The zero-order valence-corrected chi connectivity index (χ0v) is 13.6. The quantitative estimate of drug-likeness (QED) is 0.547. The number of nitrogens with one attached hydrogen (secondary N) is 1. The summed E-state index contributed by atoms with van der Waals surface area (Å²) in [7, 11) is 0. The van der Waals surface area contributed by atoms with Gasteiger partial charge in [0, 0.05) is 11.8 Å². The third kappa shape index (κ3) is 2.59. The number of fused-ring (bicyclic) bond motifs is 1. The van der Waals surface area contributed by atoms with E-state index >= 15 is 0 Å². The molecule has 0 unspecified atom stereocenters. The zero-order chi connectivity index (χ0) is 16.5. The number of aromatic amines is 1. The summed E-state index contributed by atoms with van der Waals surface area (Å²) in [4.78, 5) is 0. The molecule has 0 radical (unpaired) electrons. The van der Waals surface area contributed by atoms with Crippen LogP contribution in [0.1, 0.15) is 11.4 Å². The van der Waals surface area contributed by atoms with Crippen molar-refractivity contribution in [3.8, 4) is 11.4 Å². The van der Waals surface area contributed by atoms with Crippen molar-refractivity contribution in [2.24, 2.45) is 0 Å². The predicted octanol–water partition coefficient (Wildman–Crippen LogP) is 4.38. The van der Waals surface area contributed by atoms with E-state index in [1.165, 1.54) is 0 Å². The molecule has 0 saturated carbocycles. The van der Waals surface area contributed by atoms with Crippen molar-refractivity contribution in [1.82, 2.24) is 14.8 Å². The second-order valence-corrected chi connectivity index (χ2v) is 6.01. The highest BCUT2D eigenvalue weighted by molar-refractivity contribution is 7.71. The molecule has 0 fully saturated rings. The van der Waals surface area contributed by atoms with Crippen molar-refractivity contribution in [2.45, 2.75) is 6.42 Å². The Balaban J connectivity index is 1.85. The molecule has 0 aliphatic heterocycles. The average Bonchev–Trinajstić information content (AvgIpc) is 2.97. The van der Waals surface area contributed by atoms with Crippen molar-refractivity contribution in [3.05, 3.63) is 82.9 Å². The van der Waals surface area contributed by atoms with Gasteiger partial charge in [0.25, 0.3) is 0 Å². The summed E-state index contributed by atoms with van der Waals surface area (Å²) in [5.41, 5.74) is 2.07. The number of hydrogen-bond donors (Lipinski definition) is 2. The molecule has 4 nitrogen and oxygen atoms in total. The maximum Gasteiger partial charge on any atom is 0.199 e. The van der Waals surface area contributed by atoms with E-state index in [1.807, 2.05) is 41.0 Å². The molecule has 0 aliphatic rings. The first-order valence-electron chi connectivity index (χ1n) is 7.65. The fourth-order valence-corrected chi connectivity index (χ4v) is 3.15. The maximum absolute atomic E-state index is 9.43. The smallest absolute Gasteiger partial charge is 0.199 e. The van der Waals surface area contributed by atoms with E-state index in [0.29, 0.717) is 11.2 Å². The Bertz CT molecular complexity index is 1060. The van der Waals surface area contributed by atoms with Crippen LogP contribution in [-0.2, 0) is 6.42 Å². The van der Waals surface area contributed by atoms with E-state index < -0.39 is 0 Å². The first kappa shape index (κ1) is 14.7. The lowest BCUT2D eigenvalue weighted by atomic mass is 10.1. The first-order valence-corrected chi connectivity index (χ1v) is 8.05. The summed E-state index contributed by atoms with van der Waals surface area (Å²) in [6.07, 6.45) is 0.622. The number of H-pyrrole nitrogens is 1. The molecular formula is C19H15N3OS. The van der Waals surface area contributed by atoms with E-state index in [4.69, 9.17) is 12.2 Å². The summed E-state index contributed by atoms with van der Waals surface area (Å²) in [5.74, 6) is 1.09. The summed E-state index contributed by atoms with van der Waals surface area (Å²) >= 11 is 5.46. The average molecular weight is 333 g/mol. The lowest BCUT2D eigenvalue weighted by Crippen LogP contribution is -2.03. The van der Waals surface area contributed by atoms with Gasteiger partial charge in [0.15, 0.2) is 4.77 Å². The van der Waals surface area contributed by atoms with Crippen LogP contribution in [0.2, 0.25) is 0 Å². The van der Waals surface area contributed by atoms with E-state index in [0.717, 1.165) is 27.8 Å². The molecule has 24 heavy (non-hydrogen) atoms. The van der Waals surface area contributed by atoms with Crippen LogP contribution in [0.5, 0.6) is 5.75 Å². The fraction of sp³-hybridized carbons (Fsp3) is 0.0526. The number of benzene rings is 3. The monoisotopic (exact) mass is 333 g/mol. The number of hydrogen-bond acceptors (Lipinski definition) is 3. The number of phenols is 1. The van der Waals surface area contributed by atoms with E-state index in [-0.39, 0.29) is 5.75 Å². The van der Waals surface area contributed by atoms with Crippen LogP contribution < -0.4 is 0 Å². The van der Waals surface area contributed by atoms with Crippen molar-refractivity contribution in [3.63, 3.8) is 0 Å². The molecule has 1 aromatic heterocycles. The minimum atomic E-state index is 0.256. The van der Waals surface area contributed by atoms with E-state index in [2.05, 4.69) is 28.4 Å². The van der Waals surface area contributed by atoms with Crippen LogP contribution in [0.15, 0.2) is 66.7 Å². The number of aromatic hydroxyl groups is 1. The van der Waals surface area contributed by atoms with Gasteiger partial charge in [0.2, 0.25) is 0 Å². The Morgan fingerprint density at radius 1 is 0.958 bits per heavy atom. The third-order valence-corrected chi connectivity index (χ3v) is 4.32. The number of aromatic nitrogens is 3. The van der Waals surface area contributed by atoms with Gasteiger partial charge < -0.3 is 5.11 Å². The molecule has 3 aromatic carbocycles. The number of phenolic OH excluding ortho intramolecular Hbond substituents is 1. The number of nitrogens with zero attached hydrogens (tertiary/aromatic N) is 2. The van der Waals surface area contributed by atoms with Crippen LogP contribution in [0.4, 0.5) is 0 Å². The topological polar surface area (TPSA) is 53.8 Å². The molecule has 1 heterocycles. The highest BCUT2D eigenvalue weighted by atomic mass is 32.1. The van der Waals surface area contributed by atoms with Gasteiger partial charge in [-0.15, -0.1) is 0 Å². The van der Waals surface area contributed by atoms with Gasteiger partial charge in [0.1, 0.15) is 11.6 Å². The third-order valence-electron chi connectivity index (χ3n) is 4.05. The molecule has 118 valence electrons. The van der Waals surface area contributed by atoms with Gasteiger partial charge in [-0.2, -0.15) is 5.10 Å². The second-order valence-electron chi connectivity index (χ2n) is 5.62. The van der Waals surface area contributed by atoms with E-state index in [9.17, 15) is 5.11 Å². The normalized spacial score (nSPS) is 11.0. The van der Waals surface area contributed by atoms with Crippen LogP contribution in [-0.4, -0.2) is 19.9 Å². The van der Waals surface area contributed by atoms with Crippen molar-refractivity contribution >= 4 is 23.0 Å². The molecule has 2 N–H and O–H groups in total. The molecule has 4 rings (SSSR count). The van der Waals surface area contributed by atoms with Crippen LogP contribution in [0, 0.1) is 4.77 Å². The van der Waals surface area contributed by atoms with Crippen LogP contribution >= 0.6 is 12.2 Å². The van der Waals surface area contributed by atoms with Gasteiger partial charge in [-0.1, -0.05) is 48.5 Å². The molecule has 0 bridgehead atoms. The summed E-state index contributed by atoms with van der Waals surface area (Å²) < 4.78 is 2.55. The predicted molar refractivity (Wildman–Crippen MR) is 97.2 cm³/mol. The molecular weight excluding hydrogens is 318 g/mol.